The lowest BCUT2D eigenvalue weighted by Gasteiger charge is -2.10. The molecule has 3 rings (SSSR count). The van der Waals surface area contributed by atoms with Gasteiger partial charge in [-0.15, -0.1) is 6.42 Å². The largest absolute Gasteiger partial charge is 0.486 e. The van der Waals surface area contributed by atoms with E-state index in [9.17, 15) is 4.39 Å². The highest BCUT2D eigenvalue weighted by atomic mass is 19.1. The van der Waals surface area contributed by atoms with E-state index in [2.05, 4.69) is 15.9 Å². The molecule has 2 aromatic carbocycles. The molecule has 0 aliphatic rings. The Hall–Kier alpha value is -3.19. The van der Waals surface area contributed by atoms with Gasteiger partial charge in [-0.2, -0.15) is 0 Å². The zero-order chi connectivity index (χ0) is 16.9. The SMILES string of the molecule is C#Cc1cnc(-c2cccc(OCc3ccc(C)cc3)c2F)nc1. The molecule has 0 atom stereocenters. The van der Waals surface area contributed by atoms with Crippen molar-refractivity contribution in [2.45, 2.75) is 13.5 Å². The molecule has 0 fully saturated rings. The van der Waals surface area contributed by atoms with E-state index in [0.29, 0.717) is 5.56 Å². The molecule has 118 valence electrons. The molecule has 24 heavy (non-hydrogen) atoms. The van der Waals surface area contributed by atoms with E-state index in [1.165, 1.54) is 18.0 Å². The fourth-order valence-corrected chi connectivity index (χ4v) is 2.18. The molecular weight excluding hydrogens is 303 g/mol. The van der Waals surface area contributed by atoms with Crippen molar-refractivity contribution in [3.63, 3.8) is 0 Å². The van der Waals surface area contributed by atoms with E-state index < -0.39 is 5.82 Å². The van der Waals surface area contributed by atoms with E-state index in [1.54, 1.807) is 18.2 Å². The van der Waals surface area contributed by atoms with E-state index in [1.807, 2.05) is 31.2 Å². The smallest absolute Gasteiger partial charge is 0.176 e. The maximum atomic E-state index is 14.7. The lowest BCUT2D eigenvalue weighted by atomic mass is 10.1. The van der Waals surface area contributed by atoms with E-state index in [-0.39, 0.29) is 23.7 Å². The van der Waals surface area contributed by atoms with Crippen LogP contribution in [0.3, 0.4) is 0 Å². The van der Waals surface area contributed by atoms with Crippen molar-refractivity contribution in [2.24, 2.45) is 0 Å². The van der Waals surface area contributed by atoms with Gasteiger partial charge in [-0.1, -0.05) is 41.8 Å². The number of aromatic nitrogens is 2. The second kappa shape index (κ2) is 6.93. The Morgan fingerprint density at radius 3 is 2.46 bits per heavy atom. The van der Waals surface area contributed by atoms with Gasteiger partial charge in [0.1, 0.15) is 6.61 Å². The first-order valence-corrected chi connectivity index (χ1v) is 7.43. The summed E-state index contributed by atoms with van der Waals surface area (Å²) in [4.78, 5) is 8.20. The Balaban J connectivity index is 1.82. The molecule has 1 aromatic heterocycles. The van der Waals surface area contributed by atoms with Gasteiger partial charge < -0.3 is 4.74 Å². The van der Waals surface area contributed by atoms with Gasteiger partial charge in [-0.05, 0) is 24.6 Å². The summed E-state index contributed by atoms with van der Waals surface area (Å²) >= 11 is 0. The topological polar surface area (TPSA) is 35.0 Å². The van der Waals surface area contributed by atoms with Gasteiger partial charge in [0.15, 0.2) is 17.4 Å². The zero-order valence-electron chi connectivity index (χ0n) is 13.2. The van der Waals surface area contributed by atoms with Gasteiger partial charge in [0.05, 0.1) is 11.1 Å². The van der Waals surface area contributed by atoms with Crippen LogP contribution >= 0.6 is 0 Å². The molecule has 4 heteroatoms. The molecule has 0 radical (unpaired) electrons. The van der Waals surface area contributed by atoms with Gasteiger partial charge in [0.2, 0.25) is 0 Å². The highest BCUT2D eigenvalue weighted by molar-refractivity contribution is 5.59. The predicted molar refractivity (Wildman–Crippen MR) is 90.9 cm³/mol. The van der Waals surface area contributed by atoms with Crippen molar-refractivity contribution in [1.29, 1.82) is 0 Å². The monoisotopic (exact) mass is 318 g/mol. The number of ether oxygens (including phenoxy) is 1. The summed E-state index contributed by atoms with van der Waals surface area (Å²) in [6.07, 6.45) is 8.25. The summed E-state index contributed by atoms with van der Waals surface area (Å²) in [6, 6.07) is 12.8. The molecule has 0 bridgehead atoms. The van der Waals surface area contributed by atoms with Crippen LogP contribution in [0.2, 0.25) is 0 Å². The van der Waals surface area contributed by atoms with Gasteiger partial charge >= 0.3 is 0 Å². The quantitative estimate of drug-likeness (QED) is 0.678. The van der Waals surface area contributed by atoms with E-state index >= 15 is 0 Å². The highest BCUT2D eigenvalue weighted by Crippen LogP contribution is 2.27. The maximum absolute atomic E-state index is 14.7. The number of nitrogens with zero attached hydrogens (tertiary/aromatic N) is 2. The van der Waals surface area contributed by atoms with Crippen LogP contribution in [0.5, 0.6) is 5.75 Å². The Morgan fingerprint density at radius 1 is 1.08 bits per heavy atom. The number of aryl methyl sites for hydroxylation is 1. The number of terminal acetylenes is 1. The van der Waals surface area contributed by atoms with Crippen molar-refractivity contribution in [3.8, 4) is 29.5 Å². The van der Waals surface area contributed by atoms with Crippen LogP contribution in [0, 0.1) is 25.1 Å². The number of hydrogen-bond donors (Lipinski definition) is 0. The molecule has 0 amide bonds. The minimum absolute atomic E-state index is 0.165. The third-order valence-corrected chi connectivity index (χ3v) is 3.54. The van der Waals surface area contributed by atoms with Crippen LogP contribution in [-0.4, -0.2) is 9.97 Å². The summed E-state index contributed by atoms with van der Waals surface area (Å²) in [5, 5.41) is 0. The molecule has 0 aliphatic heterocycles. The molecule has 3 aromatic rings. The van der Waals surface area contributed by atoms with Crippen LogP contribution < -0.4 is 4.74 Å². The Bertz CT molecular complexity index is 881. The van der Waals surface area contributed by atoms with Gasteiger partial charge in [0.25, 0.3) is 0 Å². The number of benzene rings is 2. The molecule has 0 saturated heterocycles. The molecule has 0 saturated carbocycles. The summed E-state index contributed by atoms with van der Waals surface area (Å²) in [5.41, 5.74) is 2.96. The highest BCUT2D eigenvalue weighted by Gasteiger charge is 2.13. The van der Waals surface area contributed by atoms with Crippen molar-refractivity contribution >= 4 is 0 Å². The van der Waals surface area contributed by atoms with Crippen LogP contribution in [0.4, 0.5) is 4.39 Å². The van der Waals surface area contributed by atoms with E-state index in [4.69, 9.17) is 11.2 Å². The van der Waals surface area contributed by atoms with Gasteiger partial charge in [0, 0.05) is 12.4 Å². The normalized spacial score (nSPS) is 10.2. The minimum Gasteiger partial charge on any atom is -0.486 e. The van der Waals surface area contributed by atoms with Crippen molar-refractivity contribution in [3.05, 3.63) is 77.4 Å². The fraction of sp³-hybridized carbons (Fsp3) is 0.100. The van der Waals surface area contributed by atoms with Crippen LogP contribution in [-0.2, 0) is 6.61 Å². The van der Waals surface area contributed by atoms with Gasteiger partial charge in [-0.3, -0.25) is 0 Å². The standard InChI is InChI=1S/C20H15FN2O/c1-3-15-11-22-20(23-12-15)17-5-4-6-18(19(17)21)24-13-16-9-7-14(2)8-10-16/h1,4-12H,13H2,2H3. The van der Waals surface area contributed by atoms with Crippen LogP contribution in [0.15, 0.2) is 54.9 Å². The van der Waals surface area contributed by atoms with Crippen LogP contribution in [0.1, 0.15) is 16.7 Å². The third-order valence-electron chi connectivity index (χ3n) is 3.54. The zero-order valence-corrected chi connectivity index (χ0v) is 13.2. The maximum Gasteiger partial charge on any atom is 0.176 e. The van der Waals surface area contributed by atoms with Crippen molar-refractivity contribution in [2.75, 3.05) is 0 Å². The second-order valence-electron chi connectivity index (χ2n) is 5.33. The fourth-order valence-electron chi connectivity index (χ4n) is 2.18. The number of halogens is 1. The number of rotatable bonds is 4. The second-order valence-corrected chi connectivity index (χ2v) is 5.33. The first-order chi connectivity index (χ1) is 11.7. The Labute approximate surface area is 140 Å². The third kappa shape index (κ3) is 3.41. The lowest BCUT2D eigenvalue weighted by molar-refractivity contribution is 0.290. The van der Waals surface area contributed by atoms with Crippen LogP contribution in [0.25, 0.3) is 11.4 Å². The van der Waals surface area contributed by atoms with Crippen molar-refractivity contribution in [1.82, 2.24) is 9.97 Å². The molecule has 1 heterocycles. The molecule has 0 unspecified atom stereocenters. The lowest BCUT2D eigenvalue weighted by Crippen LogP contribution is -2.00. The summed E-state index contributed by atoms with van der Waals surface area (Å²) in [6.45, 7) is 2.30. The molecule has 0 spiro atoms. The summed E-state index contributed by atoms with van der Waals surface area (Å²) in [5.74, 6) is 2.38. The summed E-state index contributed by atoms with van der Waals surface area (Å²) in [7, 11) is 0. The predicted octanol–water partition coefficient (Wildman–Crippen LogP) is 4.15. The Morgan fingerprint density at radius 2 is 1.79 bits per heavy atom. The summed E-state index contributed by atoms with van der Waals surface area (Å²) < 4.78 is 20.3. The molecule has 3 nitrogen and oxygen atoms in total. The molecular formula is C20H15FN2O. The average molecular weight is 318 g/mol. The number of hydrogen-bond acceptors (Lipinski definition) is 3. The van der Waals surface area contributed by atoms with Gasteiger partial charge in [-0.25, -0.2) is 14.4 Å². The minimum atomic E-state index is -0.488. The van der Waals surface area contributed by atoms with E-state index in [0.717, 1.165) is 5.56 Å². The first kappa shape index (κ1) is 15.7. The first-order valence-electron chi connectivity index (χ1n) is 7.43. The molecule has 0 N–H and O–H groups in total. The van der Waals surface area contributed by atoms with Crippen molar-refractivity contribution < 1.29 is 9.13 Å². The Kier molecular flexibility index (Phi) is 4.53. The molecule has 0 aliphatic carbocycles. The average Bonchev–Trinajstić information content (AvgIpc) is 2.62.